The van der Waals surface area contributed by atoms with Gasteiger partial charge in [-0.25, -0.2) is 4.98 Å². The van der Waals surface area contributed by atoms with E-state index in [1.54, 1.807) is 7.11 Å². The third-order valence-electron chi connectivity index (χ3n) is 3.49. The fourth-order valence-electron chi connectivity index (χ4n) is 2.32. The molecule has 0 aliphatic rings. The van der Waals surface area contributed by atoms with Gasteiger partial charge in [0, 0.05) is 31.7 Å². The van der Waals surface area contributed by atoms with Crippen molar-refractivity contribution in [2.45, 2.75) is 33.2 Å². The Morgan fingerprint density at radius 3 is 2.50 bits per heavy atom. The number of nitrogens with zero attached hydrogens (tertiary/aromatic N) is 2. The molecule has 20 heavy (non-hydrogen) atoms. The van der Waals surface area contributed by atoms with E-state index >= 15 is 0 Å². The number of ether oxygens (including phenoxy) is 1. The molecule has 0 spiro atoms. The highest BCUT2D eigenvalue weighted by molar-refractivity contribution is 5.63. The highest BCUT2D eigenvalue weighted by Crippen LogP contribution is 2.25. The Kier molecular flexibility index (Phi) is 5.18. The molecule has 0 aliphatic heterocycles. The molecule has 0 atom stereocenters. The lowest BCUT2D eigenvalue weighted by molar-refractivity contribution is 0.188. The molecule has 4 heteroatoms. The van der Waals surface area contributed by atoms with Gasteiger partial charge in [0.25, 0.3) is 0 Å². The van der Waals surface area contributed by atoms with E-state index in [1.807, 2.05) is 12.4 Å². The molecule has 0 amide bonds. The third kappa shape index (κ3) is 3.20. The van der Waals surface area contributed by atoms with Gasteiger partial charge in [-0.2, -0.15) is 0 Å². The second-order valence-corrected chi connectivity index (χ2v) is 4.72. The highest BCUT2D eigenvalue weighted by atomic mass is 16.5. The number of aryl methyl sites for hydroxylation is 2. The summed E-state index contributed by atoms with van der Waals surface area (Å²) in [7, 11) is 1.71. The van der Waals surface area contributed by atoms with Crippen LogP contribution >= 0.6 is 0 Å². The quantitative estimate of drug-likeness (QED) is 0.840. The number of aromatic nitrogens is 2. The maximum atomic E-state index is 5.13. The molecule has 0 bridgehead atoms. The van der Waals surface area contributed by atoms with Gasteiger partial charge in [-0.15, -0.1) is 0 Å². The first-order valence-corrected chi connectivity index (χ1v) is 7.18. The molecule has 0 aliphatic carbocycles. The number of para-hydroxylation sites is 1. The summed E-state index contributed by atoms with van der Waals surface area (Å²) in [4.78, 5) is 4.41. The van der Waals surface area contributed by atoms with Gasteiger partial charge in [0.05, 0.1) is 6.61 Å². The summed E-state index contributed by atoms with van der Waals surface area (Å²) in [6, 6.07) is 6.47. The Morgan fingerprint density at radius 2 is 1.90 bits per heavy atom. The summed E-state index contributed by atoms with van der Waals surface area (Å²) >= 11 is 0. The zero-order chi connectivity index (χ0) is 14.4. The molecule has 0 saturated heterocycles. The van der Waals surface area contributed by atoms with Crippen LogP contribution in [0.4, 0.5) is 11.6 Å². The van der Waals surface area contributed by atoms with Gasteiger partial charge < -0.3 is 14.6 Å². The Morgan fingerprint density at radius 1 is 1.20 bits per heavy atom. The fraction of sp³-hybridized carbons (Fsp3) is 0.438. The molecular weight excluding hydrogens is 250 g/mol. The normalized spacial score (nSPS) is 10.8. The number of benzene rings is 1. The number of imidazole rings is 1. The van der Waals surface area contributed by atoms with Crippen LogP contribution in [0.2, 0.25) is 0 Å². The van der Waals surface area contributed by atoms with E-state index in [1.165, 1.54) is 16.8 Å². The van der Waals surface area contributed by atoms with Crippen LogP contribution in [-0.2, 0) is 24.1 Å². The number of hydrogen-bond donors (Lipinski definition) is 1. The SMILES string of the molecule is CCc1cccc(CC)c1Nc1nccn1CCOC. The second kappa shape index (κ2) is 7.10. The van der Waals surface area contributed by atoms with Crippen LogP contribution in [-0.4, -0.2) is 23.3 Å². The first-order chi connectivity index (χ1) is 9.80. The maximum absolute atomic E-state index is 5.13. The van der Waals surface area contributed by atoms with E-state index < -0.39 is 0 Å². The van der Waals surface area contributed by atoms with Gasteiger partial charge in [0.2, 0.25) is 5.95 Å². The minimum Gasteiger partial charge on any atom is -0.383 e. The molecule has 0 saturated carbocycles. The number of methoxy groups -OCH3 is 1. The van der Waals surface area contributed by atoms with Crippen LogP contribution in [0, 0.1) is 0 Å². The average molecular weight is 273 g/mol. The summed E-state index contributed by atoms with van der Waals surface area (Å²) in [5.41, 5.74) is 3.85. The second-order valence-electron chi connectivity index (χ2n) is 4.72. The van der Waals surface area contributed by atoms with Crippen LogP contribution in [0.5, 0.6) is 0 Å². The van der Waals surface area contributed by atoms with Gasteiger partial charge in [-0.1, -0.05) is 32.0 Å². The molecule has 2 aromatic rings. The first-order valence-electron chi connectivity index (χ1n) is 7.18. The minimum atomic E-state index is 0.682. The van der Waals surface area contributed by atoms with E-state index in [0.717, 1.165) is 25.3 Å². The summed E-state index contributed by atoms with van der Waals surface area (Å²) < 4.78 is 7.21. The van der Waals surface area contributed by atoms with Crippen molar-refractivity contribution in [3.8, 4) is 0 Å². The zero-order valence-corrected chi connectivity index (χ0v) is 12.5. The first kappa shape index (κ1) is 14.6. The van der Waals surface area contributed by atoms with Crippen molar-refractivity contribution in [3.05, 3.63) is 41.7 Å². The molecule has 108 valence electrons. The lowest BCUT2D eigenvalue weighted by Gasteiger charge is -2.16. The summed E-state index contributed by atoms with van der Waals surface area (Å²) in [5, 5.41) is 3.50. The smallest absolute Gasteiger partial charge is 0.207 e. The monoisotopic (exact) mass is 273 g/mol. The predicted molar refractivity (Wildman–Crippen MR) is 82.6 cm³/mol. The highest BCUT2D eigenvalue weighted by Gasteiger charge is 2.09. The Hall–Kier alpha value is -1.81. The van der Waals surface area contributed by atoms with Crippen molar-refractivity contribution in [1.29, 1.82) is 0 Å². The van der Waals surface area contributed by atoms with Gasteiger partial charge in [-0.05, 0) is 24.0 Å². The molecule has 1 aromatic heterocycles. The summed E-state index contributed by atoms with van der Waals surface area (Å²) in [5.74, 6) is 0.873. The lowest BCUT2D eigenvalue weighted by atomic mass is 10.0. The Labute approximate surface area is 120 Å². The summed E-state index contributed by atoms with van der Waals surface area (Å²) in [6.07, 6.45) is 5.81. The topological polar surface area (TPSA) is 39.1 Å². The number of nitrogens with one attached hydrogen (secondary N) is 1. The predicted octanol–water partition coefficient (Wildman–Crippen LogP) is 3.40. The van der Waals surface area contributed by atoms with Crippen LogP contribution < -0.4 is 5.32 Å². The molecule has 0 fully saturated rings. The van der Waals surface area contributed by atoms with E-state index in [-0.39, 0.29) is 0 Å². The van der Waals surface area contributed by atoms with Crippen LogP contribution in [0.3, 0.4) is 0 Å². The van der Waals surface area contributed by atoms with Crippen molar-refractivity contribution >= 4 is 11.6 Å². The molecule has 1 aromatic carbocycles. The van der Waals surface area contributed by atoms with Crippen LogP contribution in [0.25, 0.3) is 0 Å². The van der Waals surface area contributed by atoms with Gasteiger partial charge >= 0.3 is 0 Å². The summed E-state index contributed by atoms with van der Waals surface area (Å²) in [6.45, 7) is 5.84. The van der Waals surface area contributed by atoms with Crippen molar-refractivity contribution in [3.63, 3.8) is 0 Å². The lowest BCUT2D eigenvalue weighted by Crippen LogP contribution is -2.09. The third-order valence-corrected chi connectivity index (χ3v) is 3.49. The van der Waals surface area contributed by atoms with Crippen LogP contribution in [0.15, 0.2) is 30.6 Å². The van der Waals surface area contributed by atoms with Gasteiger partial charge in [-0.3, -0.25) is 0 Å². The molecule has 0 unspecified atom stereocenters. The van der Waals surface area contributed by atoms with Crippen LogP contribution in [0.1, 0.15) is 25.0 Å². The molecule has 2 rings (SSSR count). The van der Waals surface area contributed by atoms with E-state index in [0.29, 0.717) is 6.61 Å². The molecule has 1 heterocycles. The number of anilines is 2. The van der Waals surface area contributed by atoms with Gasteiger partial charge in [0.1, 0.15) is 0 Å². The van der Waals surface area contributed by atoms with Gasteiger partial charge in [0.15, 0.2) is 0 Å². The fourth-order valence-corrected chi connectivity index (χ4v) is 2.32. The molecule has 0 radical (unpaired) electrons. The number of rotatable bonds is 7. The standard InChI is InChI=1S/C16H23N3O/c1-4-13-7-6-8-14(5-2)15(13)18-16-17-9-10-19(16)11-12-20-3/h6-10H,4-5,11-12H2,1-3H3,(H,17,18). The number of hydrogen-bond acceptors (Lipinski definition) is 3. The van der Waals surface area contributed by atoms with Crippen molar-refractivity contribution in [1.82, 2.24) is 9.55 Å². The van der Waals surface area contributed by atoms with E-state index in [4.69, 9.17) is 4.74 Å². The average Bonchev–Trinajstić information content (AvgIpc) is 2.92. The van der Waals surface area contributed by atoms with Crippen molar-refractivity contribution in [2.75, 3.05) is 19.0 Å². The Balaban J connectivity index is 2.27. The maximum Gasteiger partial charge on any atom is 0.207 e. The molecule has 1 N–H and O–H groups in total. The molecule has 4 nitrogen and oxygen atoms in total. The van der Waals surface area contributed by atoms with Crippen molar-refractivity contribution < 1.29 is 4.74 Å². The minimum absolute atomic E-state index is 0.682. The Bertz CT molecular complexity index is 526. The van der Waals surface area contributed by atoms with E-state index in [9.17, 15) is 0 Å². The molecular formula is C16H23N3O. The van der Waals surface area contributed by atoms with E-state index in [2.05, 4.69) is 46.9 Å². The van der Waals surface area contributed by atoms with Crippen molar-refractivity contribution in [2.24, 2.45) is 0 Å². The largest absolute Gasteiger partial charge is 0.383 e. The zero-order valence-electron chi connectivity index (χ0n) is 12.5.